The van der Waals surface area contributed by atoms with Crippen LogP contribution in [0.25, 0.3) is 0 Å². The Kier molecular flexibility index (Phi) is 6.50. The average Bonchev–Trinajstić information content (AvgIpc) is 2.59. The summed E-state index contributed by atoms with van der Waals surface area (Å²) in [6.45, 7) is 0.407. The Bertz CT molecular complexity index is 728. The maximum Gasteiger partial charge on any atom is 0.240 e. The lowest BCUT2D eigenvalue weighted by Gasteiger charge is -2.08. The lowest BCUT2D eigenvalue weighted by molar-refractivity contribution is 0.414. The van der Waals surface area contributed by atoms with Gasteiger partial charge >= 0.3 is 0 Å². The molecule has 2 aromatic carbocycles. The van der Waals surface area contributed by atoms with Crippen LogP contribution in [0.1, 0.15) is 12.0 Å². The molecule has 0 aliphatic heterocycles. The number of benzene rings is 2. The fourth-order valence-electron chi connectivity index (χ4n) is 2.17. The summed E-state index contributed by atoms with van der Waals surface area (Å²) in [5.74, 6) is 0.817. The number of sulfonamides is 1. The molecule has 0 fully saturated rings. The minimum absolute atomic E-state index is 0.302. The smallest absolute Gasteiger partial charge is 0.240 e. The lowest BCUT2D eigenvalue weighted by atomic mass is 10.1. The molecule has 0 amide bonds. The van der Waals surface area contributed by atoms with Crippen LogP contribution in [0.3, 0.4) is 0 Å². The van der Waals surface area contributed by atoms with Gasteiger partial charge in [-0.2, -0.15) is 0 Å². The van der Waals surface area contributed by atoms with E-state index in [1.165, 1.54) is 0 Å². The van der Waals surface area contributed by atoms with Gasteiger partial charge in [0.05, 0.1) is 12.0 Å². The molecule has 0 bridgehead atoms. The van der Waals surface area contributed by atoms with Crippen LogP contribution in [0.5, 0.6) is 5.75 Å². The number of ether oxygens (including phenoxy) is 1. The van der Waals surface area contributed by atoms with Gasteiger partial charge in [0.25, 0.3) is 0 Å². The summed E-state index contributed by atoms with van der Waals surface area (Å²) < 4.78 is 32.2. The van der Waals surface area contributed by atoms with Gasteiger partial charge in [-0.15, -0.1) is 11.8 Å². The van der Waals surface area contributed by atoms with Gasteiger partial charge in [-0.3, -0.25) is 0 Å². The van der Waals surface area contributed by atoms with E-state index in [9.17, 15) is 8.42 Å². The van der Waals surface area contributed by atoms with E-state index >= 15 is 0 Å². The highest BCUT2D eigenvalue weighted by atomic mass is 32.2. The SMILES string of the molecule is COc1cccc(CCCNS(=O)(=O)c2ccc(SC)cc2)c1. The van der Waals surface area contributed by atoms with Crippen molar-refractivity contribution in [2.45, 2.75) is 22.6 Å². The normalized spacial score (nSPS) is 11.4. The van der Waals surface area contributed by atoms with Crippen molar-refractivity contribution in [3.05, 3.63) is 54.1 Å². The Hall–Kier alpha value is -1.50. The van der Waals surface area contributed by atoms with E-state index in [2.05, 4.69) is 4.72 Å². The Labute approximate surface area is 142 Å². The molecule has 0 atom stereocenters. The van der Waals surface area contributed by atoms with E-state index in [4.69, 9.17) is 4.74 Å². The van der Waals surface area contributed by atoms with Crippen molar-refractivity contribution in [3.8, 4) is 5.75 Å². The molecule has 0 spiro atoms. The lowest BCUT2D eigenvalue weighted by Crippen LogP contribution is -2.25. The summed E-state index contributed by atoms with van der Waals surface area (Å²) in [7, 11) is -1.80. The van der Waals surface area contributed by atoms with Gasteiger partial charge < -0.3 is 4.74 Å². The third-order valence-corrected chi connectivity index (χ3v) is 5.66. The van der Waals surface area contributed by atoms with Gasteiger partial charge in [-0.25, -0.2) is 13.1 Å². The van der Waals surface area contributed by atoms with Gasteiger partial charge in [-0.1, -0.05) is 12.1 Å². The molecule has 0 aliphatic rings. The van der Waals surface area contributed by atoms with E-state index in [1.54, 1.807) is 31.0 Å². The summed E-state index contributed by atoms with van der Waals surface area (Å²) in [6, 6.07) is 14.7. The molecule has 6 heteroatoms. The van der Waals surface area contributed by atoms with Crippen molar-refractivity contribution in [2.24, 2.45) is 0 Å². The number of thioether (sulfide) groups is 1. The largest absolute Gasteiger partial charge is 0.497 e. The van der Waals surface area contributed by atoms with Crippen molar-refractivity contribution in [3.63, 3.8) is 0 Å². The molecule has 2 aromatic rings. The van der Waals surface area contributed by atoms with E-state index in [-0.39, 0.29) is 0 Å². The first-order valence-electron chi connectivity index (χ1n) is 7.32. The van der Waals surface area contributed by atoms with Crippen LogP contribution >= 0.6 is 11.8 Å². The molecule has 23 heavy (non-hydrogen) atoms. The summed E-state index contributed by atoms with van der Waals surface area (Å²) in [4.78, 5) is 1.35. The second kappa shape index (κ2) is 8.38. The molecule has 124 valence electrons. The second-order valence-corrected chi connectivity index (χ2v) is 7.67. The first kappa shape index (κ1) is 17.8. The van der Waals surface area contributed by atoms with Crippen LogP contribution in [0.4, 0.5) is 0 Å². The third-order valence-electron chi connectivity index (χ3n) is 3.44. The van der Waals surface area contributed by atoms with Crippen molar-refractivity contribution in [1.82, 2.24) is 4.72 Å². The molecule has 0 radical (unpaired) electrons. The Balaban J connectivity index is 1.86. The maximum atomic E-state index is 12.2. The highest BCUT2D eigenvalue weighted by molar-refractivity contribution is 7.98. The van der Waals surface area contributed by atoms with Gasteiger partial charge in [0, 0.05) is 11.4 Å². The molecule has 0 saturated heterocycles. The minimum atomic E-state index is -3.44. The quantitative estimate of drug-likeness (QED) is 0.585. The van der Waals surface area contributed by atoms with E-state index < -0.39 is 10.0 Å². The molecule has 0 heterocycles. The molecule has 0 unspecified atom stereocenters. The number of rotatable bonds is 8. The number of methoxy groups -OCH3 is 1. The highest BCUT2D eigenvalue weighted by Gasteiger charge is 2.12. The predicted molar refractivity (Wildman–Crippen MR) is 94.7 cm³/mol. The van der Waals surface area contributed by atoms with Crippen molar-refractivity contribution >= 4 is 21.8 Å². The summed E-state index contributed by atoms with van der Waals surface area (Å²) in [5, 5.41) is 0. The van der Waals surface area contributed by atoms with Crippen LogP contribution in [0, 0.1) is 0 Å². The van der Waals surface area contributed by atoms with Crippen molar-refractivity contribution in [2.75, 3.05) is 19.9 Å². The fourth-order valence-corrected chi connectivity index (χ4v) is 3.65. The number of hydrogen-bond donors (Lipinski definition) is 1. The van der Waals surface area contributed by atoms with Crippen LogP contribution < -0.4 is 9.46 Å². The molecule has 1 N–H and O–H groups in total. The van der Waals surface area contributed by atoms with Gasteiger partial charge in [-0.05, 0) is 61.1 Å². The van der Waals surface area contributed by atoms with E-state index in [0.29, 0.717) is 11.4 Å². The van der Waals surface area contributed by atoms with Crippen molar-refractivity contribution < 1.29 is 13.2 Å². The zero-order valence-electron chi connectivity index (χ0n) is 13.3. The van der Waals surface area contributed by atoms with Gasteiger partial charge in [0.15, 0.2) is 0 Å². The first-order chi connectivity index (χ1) is 11.0. The Morgan fingerprint density at radius 1 is 1.13 bits per heavy atom. The van der Waals surface area contributed by atoms with E-state index in [0.717, 1.165) is 29.1 Å². The number of hydrogen-bond acceptors (Lipinski definition) is 4. The molecular weight excluding hydrogens is 330 g/mol. The highest BCUT2D eigenvalue weighted by Crippen LogP contribution is 2.18. The number of nitrogens with one attached hydrogen (secondary N) is 1. The molecule has 0 aromatic heterocycles. The molecule has 4 nitrogen and oxygen atoms in total. The first-order valence-corrected chi connectivity index (χ1v) is 10.0. The minimum Gasteiger partial charge on any atom is -0.497 e. The maximum absolute atomic E-state index is 12.2. The molecule has 0 aliphatic carbocycles. The van der Waals surface area contributed by atoms with Crippen LogP contribution in [0.2, 0.25) is 0 Å². The molecule has 0 saturated carbocycles. The Morgan fingerprint density at radius 3 is 2.52 bits per heavy atom. The topological polar surface area (TPSA) is 55.4 Å². The summed E-state index contributed by atoms with van der Waals surface area (Å²) >= 11 is 1.58. The van der Waals surface area contributed by atoms with Crippen LogP contribution in [0.15, 0.2) is 58.3 Å². The predicted octanol–water partition coefficient (Wildman–Crippen LogP) is 3.33. The van der Waals surface area contributed by atoms with Crippen molar-refractivity contribution in [1.29, 1.82) is 0 Å². The average molecular weight is 351 g/mol. The summed E-state index contributed by atoms with van der Waals surface area (Å²) in [5.41, 5.74) is 1.13. The standard InChI is InChI=1S/C17H21NO3S2/c1-21-15-7-3-5-14(13-15)6-4-12-18-23(19,20)17-10-8-16(22-2)9-11-17/h3,5,7-11,13,18H,4,6,12H2,1-2H3. The second-order valence-electron chi connectivity index (χ2n) is 5.03. The monoisotopic (exact) mass is 351 g/mol. The van der Waals surface area contributed by atoms with Gasteiger partial charge in [0.2, 0.25) is 10.0 Å². The molecular formula is C17H21NO3S2. The third kappa shape index (κ3) is 5.27. The number of aryl methyl sites for hydroxylation is 1. The fraction of sp³-hybridized carbons (Fsp3) is 0.294. The van der Waals surface area contributed by atoms with Crippen LogP contribution in [-0.4, -0.2) is 28.3 Å². The zero-order valence-corrected chi connectivity index (χ0v) is 14.9. The van der Waals surface area contributed by atoms with Gasteiger partial charge in [0.1, 0.15) is 5.75 Å². The van der Waals surface area contributed by atoms with Crippen LogP contribution in [-0.2, 0) is 16.4 Å². The zero-order chi connectivity index (χ0) is 16.7. The van der Waals surface area contributed by atoms with E-state index in [1.807, 2.05) is 42.7 Å². The summed E-state index contributed by atoms with van der Waals surface area (Å²) in [6.07, 6.45) is 3.49. The molecule has 2 rings (SSSR count). The Morgan fingerprint density at radius 2 is 1.87 bits per heavy atom.